The smallest absolute Gasteiger partial charge is 0.257 e. The molecule has 1 atom stereocenters. The van der Waals surface area contributed by atoms with Crippen molar-refractivity contribution in [2.24, 2.45) is 0 Å². The van der Waals surface area contributed by atoms with Gasteiger partial charge in [0.05, 0.1) is 21.2 Å². The number of thiazole rings is 1. The number of fused-ring (bicyclic) bond motifs is 1. The fourth-order valence-electron chi connectivity index (χ4n) is 3.31. The number of hydrogen-bond acceptors (Lipinski definition) is 6. The number of sulfonamides is 1. The number of hydrogen-bond donors (Lipinski definition) is 2. The summed E-state index contributed by atoms with van der Waals surface area (Å²) in [7, 11) is -3.73. The topological polar surface area (TPSA) is 97.4 Å². The maximum atomic E-state index is 12.7. The molecule has 0 radical (unpaired) electrons. The van der Waals surface area contributed by atoms with Crippen LogP contribution in [0.5, 0.6) is 0 Å². The molecule has 1 aromatic heterocycles. The molecule has 4 rings (SSSR count). The predicted molar refractivity (Wildman–Crippen MR) is 118 cm³/mol. The Hall–Kier alpha value is -2.33. The van der Waals surface area contributed by atoms with Gasteiger partial charge in [0.1, 0.15) is 0 Å². The van der Waals surface area contributed by atoms with Gasteiger partial charge in [0.15, 0.2) is 5.13 Å². The Labute approximate surface area is 179 Å². The van der Waals surface area contributed by atoms with Gasteiger partial charge in [-0.1, -0.05) is 30.4 Å². The third kappa shape index (κ3) is 4.70. The van der Waals surface area contributed by atoms with Crippen LogP contribution in [0, 0.1) is 0 Å². The van der Waals surface area contributed by atoms with Gasteiger partial charge >= 0.3 is 0 Å². The second-order valence-corrected chi connectivity index (χ2v) is 9.94. The van der Waals surface area contributed by atoms with Gasteiger partial charge < -0.3 is 4.74 Å². The van der Waals surface area contributed by atoms with Crippen LogP contribution >= 0.6 is 11.3 Å². The standard InChI is InChI=1S/C21H23N3O4S2/c1-2-14-8-9-18-19(11-14)29-21(23-18)24-20(25)15-5-3-7-17(12-15)30(26,27)22-13-16-6-4-10-28-16/h3,5,7-9,11-12,16,22H,2,4,6,10,13H2,1H3,(H,23,24,25)/t16-/m0/s1. The van der Waals surface area contributed by atoms with E-state index in [0.717, 1.165) is 29.5 Å². The van der Waals surface area contributed by atoms with Gasteiger partial charge in [-0.15, -0.1) is 0 Å². The van der Waals surface area contributed by atoms with Crippen molar-refractivity contribution in [2.75, 3.05) is 18.5 Å². The molecule has 2 N–H and O–H groups in total. The summed E-state index contributed by atoms with van der Waals surface area (Å²) in [6.45, 7) is 2.97. The van der Waals surface area contributed by atoms with Gasteiger partial charge in [-0.3, -0.25) is 10.1 Å². The van der Waals surface area contributed by atoms with Crippen molar-refractivity contribution >= 4 is 42.6 Å². The number of nitrogens with one attached hydrogen (secondary N) is 2. The molecular formula is C21H23N3O4S2. The molecule has 1 saturated heterocycles. The number of amides is 1. The molecule has 2 heterocycles. The second-order valence-electron chi connectivity index (χ2n) is 7.14. The van der Waals surface area contributed by atoms with Gasteiger partial charge in [0.2, 0.25) is 10.0 Å². The SMILES string of the molecule is CCc1ccc2nc(NC(=O)c3cccc(S(=O)(=O)NC[C@@H]4CCCO4)c3)sc2c1. The summed E-state index contributed by atoms with van der Waals surface area (Å²) in [4.78, 5) is 17.2. The number of carbonyl (C=O) groups excluding carboxylic acids is 1. The van der Waals surface area contributed by atoms with E-state index in [-0.39, 0.29) is 23.1 Å². The van der Waals surface area contributed by atoms with Crippen LogP contribution in [0.2, 0.25) is 0 Å². The number of nitrogens with zero attached hydrogens (tertiary/aromatic N) is 1. The number of benzene rings is 2. The average Bonchev–Trinajstić information content (AvgIpc) is 3.41. The molecule has 1 aliphatic heterocycles. The summed E-state index contributed by atoms with van der Waals surface area (Å²) < 4.78 is 34.2. The van der Waals surface area contributed by atoms with Crippen LogP contribution < -0.4 is 10.0 Å². The first-order valence-electron chi connectivity index (χ1n) is 9.87. The van der Waals surface area contributed by atoms with E-state index in [9.17, 15) is 13.2 Å². The first-order valence-corrected chi connectivity index (χ1v) is 12.2. The number of carbonyl (C=O) groups is 1. The minimum absolute atomic E-state index is 0.0463. The first kappa shape index (κ1) is 20.9. The molecule has 0 aliphatic carbocycles. The van der Waals surface area contributed by atoms with Crippen LogP contribution in [0.4, 0.5) is 5.13 Å². The van der Waals surface area contributed by atoms with Crippen LogP contribution in [0.25, 0.3) is 10.2 Å². The number of ether oxygens (including phenoxy) is 1. The van der Waals surface area contributed by atoms with Crippen molar-refractivity contribution in [1.29, 1.82) is 0 Å². The van der Waals surface area contributed by atoms with E-state index in [1.54, 1.807) is 12.1 Å². The highest BCUT2D eigenvalue weighted by Gasteiger charge is 2.21. The van der Waals surface area contributed by atoms with E-state index in [0.29, 0.717) is 11.7 Å². The lowest BCUT2D eigenvalue weighted by molar-refractivity contribution is 0.102. The highest BCUT2D eigenvalue weighted by atomic mass is 32.2. The van der Waals surface area contributed by atoms with Gasteiger partial charge in [0, 0.05) is 18.7 Å². The third-order valence-electron chi connectivity index (χ3n) is 5.01. The number of rotatable bonds is 7. The molecule has 1 aliphatic rings. The number of aromatic nitrogens is 1. The minimum atomic E-state index is -3.73. The molecule has 1 amide bonds. The van der Waals surface area contributed by atoms with Gasteiger partial charge in [-0.05, 0) is 55.2 Å². The monoisotopic (exact) mass is 445 g/mol. The maximum Gasteiger partial charge on any atom is 0.257 e. The van der Waals surface area contributed by atoms with E-state index in [4.69, 9.17) is 4.74 Å². The lowest BCUT2D eigenvalue weighted by Crippen LogP contribution is -2.32. The van der Waals surface area contributed by atoms with E-state index in [1.165, 1.54) is 29.0 Å². The summed E-state index contributed by atoms with van der Waals surface area (Å²) in [5.41, 5.74) is 2.28. The van der Waals surface area contributed by atoms with Crippen LogP contribution in [0.3, 0.4) is 0 Å². The van der Waals surface area contributed by atoms with Gasteiger partial charge in [-0.25, -0.2) is 18.1 Å². The van der Waals surface area contributed by atoms with E-state index in [1.807, 2.05) is 12.1 Å². The quantitative estimate of drug-likeness (QED) is 0.579. The summed E-state index contributed by atoms with van der Waals surface area (Å²) in [5.74, 6) is -0.402. The molecule has 2 aromatic carbocycles. The minimum Gasteiger partial charge on any atom is -0.377 e. The number of anilines is 1. The summed E-state index contributed by atoms with van der Waals surface area (Å²) in [6, 6.07) is 12.0. The van der Waals surface area contributed by atoms with Crippen molar-refractivity contribution in [1.82, 2.24) is 9.71 Å². The largest absolute Gasteiger partial charge is 0.377 e. The molecule has 158 valence electrons. The fourth-order valence-corrected chi connectivity index (χ4v) is 5.34. The summed E-state index contributed by atoms with van der Waals surface area (Å²) in [5, 5.41) is 3.25. The molecule has 7 nitrogen and oxygen atoms in total. The molecule has 0 saturated carbocycles. The Kier molecular flexibility index (Phi) is 6.14. The molecule has 30 heavy (non-hydrogen) atoms. The predicted octanol–water partition coefficient (Wildman–Crippen LogP) is 3.57. The van der Waals surface area contributed by atoms with Gasteiger partial charge in [-0.2, -0.15) is 0 Å². The molecular weight excluding hydrogens is 422 g/mol. The van der Waals surface area contributed by atoms with Crippen molar-refractivity contribution in [2.45, 2.75) is 37.2 Å². The van der Waals surface area contributed by atoms with Crippen LogP contribution in [0.1, 0.15) is 35.7 Å². The Morgan fingerprint density at radius 1 is 1.27 bits per heavy atom. The zero-order chi connectivity index (χ0) is 21.1. The second kappa shape index (κ2) is 8.81. The highest BCUT2D eigenvalue weighted by Crippen LogP contribution is 2.27. The third-order valence-corrected chi connectivity index (χ3v) is 7.37. The summed E-state index contributed by atoms with van der Waals surface area (Å²) in [6.07, 6.45) is 2.61. The molecule has 3 aromatic rings. The first-order chi connectivity index (χ1) is 14.4. The van der Waals surface area contributed by atoms with E-state index in [2.05, 4.69) is 28.0 Å². The fraction of sp³-hybridized carbons (Fsp3) is 0.333. The Bertz CT molecular complexity index is 1170. The van der Waals surface area contributed by atoms with Crippen molar-refractivity contribution in [3.05, 3.63) is 53.6 Å². The zero-order valence-electron chi connectivity index (χ0n) is 16.6. The average molecular weight is 446 g/mol. The molecule has 9 heteroatoms. The van der Waals surface area contributed by atoms with Crippen molar-refractivity contribution in [3.8, 4) is 0 Å². The zero-order valence-corrected chi connectivity index (χ0v) is 18.2. The lowest BCUT2D eigenvalue weighted by Gasteiger charge is -2.12. The highest BCUT2D eigenvalue weighted by molar-refractivity contribution is 7.89. The Balaban J connectivity index is 1.48. The Morgan fingerprint density at radius 2 is 2.13 bits per heavy atom. The van der Waals surface area contributed by atoms with Crippen LogP contribution in [-0.4, -0.2) is 38.6 Å². The molecule has 0 bridgehead atoms. The number of aryl methyl sites for hydroxylation is 1. The normalized spacial score (nSPS) is 16.8. The van der Waals surface area contributed by atoms with Crippen molar-refractivity contribution in [3.63, 3.8) is 0 Å². The van der Waals surface area contributed by atoms with E-state index < -0.39 is 15.9 Å². The van der Waals surface area contributed by atoms with E-state index >= 15 is 0 Å². The van der Waals surface area contributed by atoms with Crippen LogP contribution in [0.15, 0.2) is 47.4 Å². The van der Waals surface area contributed by atoms with Gasteiger partial charge in [0.25, 0.3) is 5.91 Å². The van der Waals surface area contributed by atoms with Crippen LogP contribution in [-0.2, 0) is 21.2 Å². The lowest BCUT2D eigenvalue weighted by atomic mass is 10.2. The molecule has 0 spiro atoms. The maximum absolute atomic E-state index is 12.7. The molecule has 1 fully saturated rings. The van der Waals surface area contributed by atoms with Crippen molar-refractivity contribution < 1.29 is 17.9 Å². The Morgan fingerprint density at radius 3 is 2.90 bits per heavy atom. The molecule has 0 unspecified atom stereocenters. The summed E-state index contributed by atoms with van der Waals surface area (Å²) >= 11 is 1.39.